The maximum Gasteiger partial charge on any atom is 0.331 e. The van der Waals surface area contributed by atoms with E-state index in [1.807, 2.05) is 95.3 Å². The lowest BCUT2D eigenvalue weighted by Crippen LogP contribution is -2.64. The van der Waals surface area contributed by atoms with Gasteiger partial charge in [-0.15, -0.1) is 0 Å². The fourth-order valence-corrected chi connectivity index (χ4v) is 8.64. The number of benzene rings is 2. The van der Waals surface area contributed by atoms with E-state index < -0.39 is 59.0 Å². The predicted molar refractivity (Wildman–Crippen MR) is 200 cm³/mol. The summed E-state index contributed by atoms with van der Waals surface area (Å²) in [6, 6.07) is 19.1. The Morgan fingerprint density at radius 3 is 1.88 bits per heavy atom. The van der Waals surface area contributed by atoms with E-state index in [0.29, 0.717) is 24.0 Å². The summed E-state index contributed by atoms with van der Waals surface area (Å²) in [5, 5.41) is 0. The standard InChI is InChI=1S/C44H54O7/c1-27(2)48-41-38-29(5)34(45)26-33(43(38,7)8)40(51-37(47)23-21-32-18-14-11-15-19-32)39-30(6)35(24-25-44(39,9)42(41)49-28(3)4)50-36(46)22-20-31-16-12-10-13-17-31/h10-23,27-28,33,35,39-42H,6,24-26H2,1-5,7-9H3/b22-20+,23-21+/t33-,35-,39-,40+,41+,42-,44+/m0/s1. The third kappa shape index (κ3) is 8.21. The topological polar surface area (TPSA) is 88.1 Å². The number of esters is 2. The van der Waals surface area contributed by atoms with Crippen molar-refractivity contribution >= 4 is 29.9 Å². The Kier molecular flexibility index (Phi) is 11.7. The van der Waals surface area contributed by atoms with Gasteiger partial charge in [0.15, 0.2) is 5.78 Å². The maximum atomic E-state index is 14.0. The van der Waals surface area contributed by atoms with Crippen molar-refractivity contribution in [3.8, 4) is 0 Å². The van der Waals surface area contributed by atoms with Crippen molar-refractivity contribution in [3.63, 3.8) is 0 Å². The van der Waals surface area contributed by atoms with Crippen LogP contribution in [-0.4, -0.2) is 54.3 Å². The average molecular weight is 695 g/mol. The number of rotatable bonds is 10. The molecule has 0 aliphatic heterocycles. The summed E-state index contributed by atoms with van der Waals surface area (Å²) < 4.78 is 26.4. The van der Waals surface area contributed by atoms with Crippen molar-refractivity contribution in [1.29, 1.82) is 0 Å². The monoisotopic (exact) mass is 694 g/mol. The fourth-order valence-electron chi connectivity index (χ4n) is 8.64. The van der Waals surface area contributed by atoms with Gasteiger partial charge in [-0.1, -0.05) is 88.0 Å². The molecular weight excluding hydrogens is 640 g/mol. The second kappa shape index (κ2) is 15.7. The third-order valence-corrected chi connectivity index (χ3v) is 11.0. The molecule has 5 rings (SSSR count). The van der Waals surface area contributed by atoms with Crippen molar-refractivity contribution in [3.05, 3.63) is 107 Å². The van der Waals surface area contributed by atoms with Crippen LogP contribution >= 0.6 is 0 Å². The van der Waals surface area contributed by atoms with E-state index in [4.69, 9.17) is 18.9 Å². The Hall–Kier alpha value is -4.07. The third-order valence-electron chi connectivity index (χ3n) is 11.0. The summed E-state index contributed by atoms with van der Waals surface area (Å²) in [4.78, 5) is 41.1. The van der Waals surface area contributed by atoms with Crippen LogP contribution in [0.5, 0.6) is 0 Å². The van der Waals surface area contributed by atoms with Crippen LogP contribution in [0.2, 0.25) is 0 Å². The van der Waals surface area contributed by atoms with Crippen LogP contribution in [0.1, 0.15) is 85.8 Å². The van der Waals surface area contributed by atoms with Gasteiger partial charge in [0.25, 0.3) is 0 Å². The molecule has 272 valence electrons. The van der Waals surface area contributed by atoms with E-state index in [-0.39, 0.29) is 24.4 Å². The van der Waals surface area contributed by atoms with Crippen LogP contribution in [0.4, 0.5) is 0 Å². The number of allylic oxidation sites excluding steroid dienone is 1. The van der Waals surface area contributed by atoms with Gasteiger partial charge in [0.2, 0.25) is 0 Å². The number of carbonyl (C=O) groups excluding carboxylic acids is 3. The zero-order valence-electron chi connectivity index (χ0n) is 31.4. The van der Waals surface area contributed by atoms with Gasteiger partial charge in [-0.2, -0.15) is 0 Å². The van der Waals surface area contributed by atoms with Crippen molar-refractivity contribution < 1.29 is 33.3 Å². The van der Waals surface area contributed by atoms with Crippen LogP contribution in [-0.2, 0) is 33.3 Å². The molecule has 2 aromatic rings. The van der Waals surface area contributed by atoms with Crippen LogP contribution in [0.25, 0.3) is 12.2 Å². The number of ketones is 1. The van der Waals surface area contributed by atoms with Gasteiger partial charge in [-0.25, -0.2) is 9.59 Å². The first-order valence-electron chi connectivity index (χ1n) is 18.2. The highest BCUT2D eigenvalue weighted by Gasteiger charge is 2.63. The summed E-state index contributed by atoms with van der Waals surface area (Å²) in [6.07, 6.45) is 4.77. The number of carbonyl (C=O) groups is 3. The Balaban J connectivity index is 1.63. The van der Waals surface area contributed by atoms with Gasteiger partial charge in [0.1, 0.15) is 18.3 Å². The van der Waals surface area contributed by atoms with Gasteiger partial charge in [-0.3, -0.25) is 4.79 Å². The van der Waals surface area contributed by atoms with Gasteiger partial charge in [0, 0.05) is 35.8 Å². The van der Waals surface area contributed by atoms with Crippen LogP contribution in [0, 0.1) is 22.7 Å². The minimum Gasteiger partial charge on any atom is -0.458 e. The number of Topliss-reactive ketones (excluding diaryl/α,β-unsaturated/α-hetero) is 1. The normalized spacial score (nSPS) is 29.3. The molecule has 0 amide bonds. The summed E-state index contributed by atoms with van der Waals surface area (Å²) in [5.74, 6) is -1.95. The van der Waals surface area contributed by atoms with Gasteiger partial charge in [-0.05, 0) is 92.9 Å². The maximum absolute atomic E-state index is 14.0. The molecule has 51 heavy (non-hydrogen) atoms. The molecule has 0 saturated heterocycles. The molecule has 0 spiro atoms. The first kappa shape index (κ1) is 38.2. The molecule has 2 fully saturated rings. The number of hydrogen-bond acceptors (Lipinski definition) is 7. The van der Waals surface area contributed by atoms with E-state index >= 15 is 0 Å². The lowest BCUT2D eigenvalue weighted by atomic mass is 9.49. The minimum atomic E-state index is -0.780. The second-order valence-corrected chi connectivity index (χ2v) is 15.6. The van der Waals surface area contributed by atoms with E-state index in [2.05, 4.69) is 27.4 Å². The van der Waals surface area contributed by atoms with Crippen LogP contribution in [0.15, 0.2) is 96.1 Å². The van der Waals surface area contributed by atoms with E-state index in [1.54, 1.807) is 12.2 Å². The van der Waals surface area contributed by atoms with Gasteiger partial charge >= 0.3 is 11.9 Å². The summed E-state index contributed by atoms with van der Waals surface area (Å²) in [6.45, 7) is 20.9. The number of ether oxygens (including phenoxy) is 4. The number of fused-ring (bicyclic) bond motifs is 3. The number of hydrogen-bond donors (Lipinski definition) is 0. The largest absolute Gasteiger partial charge is 0.458 e. The Morgan fingerprint density at radius 2 is 1.35 bits per heavy atom. The van der Waals surface area contributed by atoms with Crippen LogP contribution in [0.3, 0.4) is 0 Å². The first-order valence-corrected chi connectivity index (χ1v) is 18.2. The Labute approximate surface area is 303 Å². The SMILES string of the molecule is C=C1[C@@H](OC(=O)/C=C/c2ccccc2)CC[C@@]2(C)[C@@H](OC(C)C)[C@H](OC(C)C)C3=C(C)C(=O)C[C@@H]([C@@H](OC(=O)/C=C/c4ccccc4)[C@H]12)C3(C)C. The summed E-state index contributed by atoms with van der Waals surface area (Å²) in [7, 11) is 0. The average Bonchev–Trinajstić information content (AvgIpc) is 3.08. The van der Waals surface area contributed by atoms with Crippen molar-refractivity contribution in [2.24, 2.45) is 22.7 Å². The smallest absolute Gasteiger partial charge is 0.331 e. The minimum absolute atomic E-state index is 0.00472. The summed E-state index contributed by atoms with van der Waals surface area (Å²) >= 11 is 0. The molecule has 7 heteroatoms. The molecule has 7 nitrogen and oxygen atoms in total. The lowest BCUT2D eigenvalue weighted by Gasteiger charge is -2.60. The van der Waals surface area contributed by atoms with E-state index in [9.17, 15) is 14.4 Å². The second-order valence-electron chi connectivity index (χ2n) is 15.6. The molecule has 3 aliphatic rings. The Bertz CT molecular complexity index is 1680. The highest BCUT2D eigenvalue weighted by molar-refractivity contribution is 5.97. The van der Waals surface area contributed by atoms with Gasteiger partial charge < -0.3 is 18.9 Å². The zero-order chi connectivity index (χ0) is 37.1. The molecule has 0 heterocycles. The van der Waals surface area contributed by atoms with Crippen molar-refractivity contribution in [1.82, 2.24) is 0 Å². The van der Waals surface area contributed by atoms with Crippen molar-refractivity contribution in [2.45, 2.75) is 111 Å². The quantitative estimate of drug-likeness (QED) is 0.140. The predicted octanol–water partition coefficient (Wildman–Crippen LogP) is 8.74. The molecule has 3 aliphatic carbocycles. The van der Waals surface area contributed by atoms with Crippen LogP contribution < -0.4 is 0 Å². The molecule has 0 aromatic heterocycles. The van der Waals surface area contributed by atoms with Gasteiger partial charge in [0.05, 0.1) is 18.3 Å². The first-order chi connectivity index (χ1) is 24.1. The molecule has 2 saturated carbocycles. The fraction of sp³-hybridized carbons (Fsp3) is 0.477. The molecular formula is C44H54O7. The molecule has 0 radical (unpaired) electrons. The zero-order valence-corrected chi connectivity index (χ0v) is 31.4. The van der Waals surface area contributed by atoms with E-state index in [1.165, 1.54) is 12.2 Å². The highest BCUT2D eigenvalue weighted by atomic mass is 16.6. The van der Waals surface area contributed by atoms with E-state index in [0.717, 1.165) is 16.7 Å². The van der Waals surface area contributed by atoms with Crippen molar-refractivity contribution in [2.75, 3.05) is 0 Å². The Morgan fingerprint density at radius 1 is 0.824 bits per heavy atom. The molecule has 0 N–H and O–H groups in total. The summed E-state index contributed by atoms with van der Waals surface area (Å²) in [5.41, 5.74) is 2.66. The molecule has 7 atom stereocenters. The lowest BCUT2D eigenvalue weighted by molar-refractivity contribution is -0.208. The molecule has 2 bridgehead atoms. The highest BCUT2D eigenvalue weighted by Crippen LogP contribution is 2.60. The molecule has 0 unspecified atom stereocenters. The molecule has 2 aromatic carbocycles.